The van der Waals surface area contributed by atoms with E-state index < -0.39 is 60.7 Å². The molecule has 0 aliphatic heterocycles. The average molecular weight is 726 g/mol. The second-order valence-corrected chi connectivity index (χ2v) is 14.4. The van der Waals surface area contributed by atoms with E-state index in [4.69, 9.17) is 0 Å². The van der Waals surface area contributed by atoms with Crippen LogP contribution in [-0.2, 0) is 27.2 Å². The Hall–Kier alpha value is -3.07. The van der Waals surface area contributed by atoms with Gasteiger partial charge in [-0.15, -0.1) is 11.3 Å². The van der Waals surface area contributed by atoms with Crippen LogP contribution >= 0.6 is 11.3 Å². The van der Waals surface area contributed by atoms with Crippen molar-refractivity contribution in [1.29, 1.82) is 0 Å². The largest absolute Gasteiger partial charge is 0.401 e. The van der Waals surface area contributed by atoms with Gasteiger partial charge in [0.05, 0.1) is 41.9 Å². The molecule has 280 valence electrons. The number of nitrogens with one attached hydrogen (secondary N) is 2. The highest BCUT2D eigenvalue weighted by atomic mass is 32.1. The molecule has 4 N–H and O–H groups in total. The number of carbonyl (C=O) groups is 3. The molecule has 1 aromatic heterocycles. The van der Waals surface area contributed by atoms with Crippen LogP contribution in [0, 0.1) is 11.8 Å². The Kier molecular flexibility index (Phi) is 17.1. The second-order valence-electron chi connectivity index (χ2n) is 13.7. The Morgan fingerprint density at radius 1 is 1.00 bits per heavy atom. The Balaban J connectivity index is 1.79. The molecule has 14 heteroatoms. The maximum absolute atomic E-state index is 14.0. The molecule has 5 atom stereocenters. The van der Waals surface area contributed by atoms with Gasteiger partial charge in [-0.05, 0) is 37.8 Å². The molecule has 1 aliphatic carbocycles. The van der Waals surface area contributed by atoms with Gasteiger partial charge < -0.3 is 25.7 Å². The molecule has 0 bridgehead atoms. The second kappa shape index (κ2) is 20.7. The fourth-order valence-electron chi connectivity index (χ4n) is 6.48. The maximum atomic E-state index is 14.0. The average Bonchev–Trinajstić information content (AvgIpc) is 3.59. The van der Waals surface area contributed by atoms with Crippen LogP contribution in [0.25, 0.3) is 0 Å². The highest BCUT2D eigenvalue weighted by molar-refractivity contribution is 7.07. The van der Waals surface area contributed by atoms with Gasteiger partial charge in [-0.1, -0.05) is 75.8 Å². The molecular weight excluding hydrogens is 671 g/mol. The summed E-state index contributed by atoms with van der Waals surface area (Å²) in [7, 11) is 2.82. The van der Waals surface area contributed by atoms with Crippen LogP contribution in [0.3, 0.4) is 0 Å². The van der Waals surface area contributed by atoms with Crippen molar-refractivity contribution in [3.05, 3.63) is 52.5 Å². The first kappa shape index (κ1) is 41.4. The van der Waals surface area contributed by atoms with Crippen molar-refractivity contribution in [2.45, 2.75) is 108 Å². The lowest BCUT2D eigenvalue weighted by Gasteiger charge is -2.33. The molecule has 3 amide bonds. The fourth-order valence-corrected chi connectivity index (χ4v) is 7.05. The number of aliphatic hydroxyl groups is 2. The van der Waals surface area contributed by atoms with Gasteiger partial charge in [0.1, 0.15) is 6.04 Å². The minimum atomic E-state index is -4.36. The molecular formula is C36H54F3N5O5S. The summed E-state index contributed by atoms with van der Waals surface area (Å²) in [4.78, 5) is 48.0. The number of amides is 3. The molecule has 1 saturated carbocycles. The van der Waals surface area contributed by atoms with E-state index in [1.54, 1.807) is 10.9 Å². The van der Waals surface area contributed by atoms with E-state index in [-0.39, 0.29) is 38.3 Å². The number of hydrogen-bond donors (Lipinski definition) is 4. The Morgan fingerprint density at radius 2 is 1.70 bits per heavy atom. The van der Waals surface area contributed by atoms with Gasteiger partial charge in [-0.25, -0.2) is 4.98 Å². The monoisotopic (exact) mass is 725 g/mol. The summed E-state index contributed by atoms with van der Waals surface area (Å²) in [5.74, 6) is -2.07. The van der Waals surface area contributed by atoms with E-state index >= 15 is 0 Å². The number of carbonyl (C=O) groups excluding carboxylic acids is 3. The number of thiazole rings is 1. The zero-order valence-corrected chi connectivity index (χ0v) is 30.2. The molecule has 10 nitrogen and oxygen atoms in total. The van der Waals surface area contributed by atoms with Crippen LogP contribution in [0.5, 0.6) is 0 Å². The van der Waals surface area contributed by atoms with Crippen LogP contribution in [0.15, 0.2) is 41.2 Å². The smallest absolute Gasteiger partial charge is 0.390 e. The van der Waals surface area contributed by atoms with Crippen molar-refractivity contribution in [3.63, 3.8) is 0 Å². The van der Waals surface area contributed by atoms with Crippen molar-refractivity contribution >= 4 is 29.1 Å². The lowest BCUT2D eigenvalue weighted by Crippen LogP contribution is -2.56. The molecule has 3 rings (SSSR count). The van der Waals surface area contributed by atoms with Crippen LogP contribution in [0.1, 0.15) is 76.0 Å². The van der Waals surface area contributed by atoms with Gasteiger partial charge in [0.15, 0.2) is 0 Å². The number of nitrogens with zero attached hydrogens (tertiary/aromatic N) is 3. The number of rotatable bonds is 20. The first-order valence-corrected chi connectivity index (χ1v) is 18.6. The normalized spacial score (nSPS) is 17.1. The maximum Gasteiger partial charge on any atom is 0.401 e. The van der Waals surface area contributed by atoms with Crippen molar-refractivity contribution < 1.29 is 37.8 Å². The van der Waals surface area contributed by atoms with Gasteiger partial charge >= 0.3 is 6.18 Å². The van der Waals surface area contributed by atoms with Gasteiger partial charge in [0.2, 0.25) is 17.7 Å². The minimum absolute atomic E-state index is 0.00594. The summed E-state index contributed by atoms with van der Waals surface area (Å²) in [6.07, 6.45) is 0.245. The third-order valence-electron chi connectivity index (χ3n) is 9.37. The van der Waals surface area contributed by atoms with E-state index in [1.165, 1.54) is 30.3 Å². The molecule has 0 radical (unpaired) electrons. The number of aliphatic hydroxyl groups excluding tert-OH is 2. The van der Waals surface area contributed by atoms with Crippen molar-refractivity contribution in [3.8, 4) is 0 Å². The predicted octanol–water partition coefficient (Wildman–Crippen LogP) is 4.35. The van der Waals surface area contributed by atoms with E-state index in [1.807, 2.05) is 37.3 Å². The zero-order chi connectivity index (χ0) is 36.7. The van der Waals surface area contributed by atoms with E-state index in [2.05, 4.69) is 15.6 Å². The standard InChI is InChI=1S/C36H54F3N5O5S/c1-4-11-31(45)33(47)29(19-26-14-9-6-10-15-26)41-35(49)30(21-28-22-50-24-40-28)42-34(48)27(18-25-12-7-5-8-13-25)20-32(46)44(3)17-16-43(2)23-36(37,38)39/h5,7-8,12-13,22,24,26-27,29-31,33,45,47H,4,6,9-11,14-21,23H2,1-3H3,(H,41,49)(H,42,48)/t27-,29+,30+,31+,33-/m1/s1. The van der Waals surface area contributed by atoms with Crippen LogP contribution in [-0.4, -0.2) is 107 Å². The van der Waals surface area contributed by atoms with Gasteiger partial charge in [0, 0.05) is 38.4 Å². The number of aromatic nitrogens is 1. The van der Waals surface area contributed by atoms with Gasteiger partial charge in [0.25, 0.3) is 0 Å². The molecule has 1 aliphatic rings. The number of halogens is 3. The van der Waals surface area contributed by atoms with Crippen LogP contribution in [0.2, 0.25) is 0 Å². The fraction of sp³-hybridized carbons (Fsp3) is 0.667. The highest BCUT2D eigenvalue weighted by Gasteiger charge is 2.34. The molecule has 0 saturated heterocycles. The van der Waals surface area contributed by atoms with Crippen LogP contribution < -0.4 is 10.6 Å². The molecule has 1 aromatic carbocycles. The Morgan fingerprint density at radius 3 is 2.32 bits per heavy atom. The molecule has 1 fully saturated rings. The Labute approximate surface area is 297 Å². The summed E-state index contributed by atoms with van der Waals surface area (Å²) >= 11 is 1.35. The van der Waals surface area contributed by atoms with E-state index in [9.17, 15) is 37.8 Å². The van der Waals surface area contributed by atoms with E-state index in [0.717, 1.165) is 42.6 Å². The molecule has 2 aromatic rings. The Bertz CT molecular complexity index is 1300. The zero-order valence-electron chi connectivity index (χ0n) is 29.4. The minimum Gasteiger partial charge on any atom is -0.390 e. The molecule has 50 heavy (non-hydrogen) atoms. The van der Waals surface area contributed by atoms with Crippen molar-refractivity contribution in [2.24, 2.45) is 11.8 Å². The highest BCUT2D eigenvalue weighted by Crippen LogP contribution is 2.29. The molecule has 1 heterocycles. The summed E-state index contributed by atoms with van der Waals surface area (Å²) < 4.78 is 38.4. The SMILES string of the molecule is CCC[C@H](O)[C@H](O)[C@H](CC1CCCCC1)NC(=O)[C@H](Cc1cscn1)NC(=O)[C@@H](CC(=O)N(C)CCN(C)CC(F)(F)F)Cc1ccccc1. The summed E-state index contributed by atoms with van der Waals surface area (Å²) in [6, 6.07) is 7.32. The third kappa shape index (κ3) is 14.7. The van der Waals surface area contributed by atoms with Crippen molar-refractivity contribution in [1.82, 2.24) is 25.4 Å². The first-order chi connectivity index (χ1) is 23.8. The molecule has 0 spiro atoms. The number of benzene rings is 1. The molecule has 0 unspecified atom stereocenters. The van der Waals surface area contributed by atoms with Crippen LogP contribution in [0.4, 0.5) is 13.2 Å². The number of likely N-dealkylation sites (N-methyl/N-ethyl adjacent to an activating group) is 2. The third-order valence-corrected chi connectivity index (χ3v) is 10.0. The summed E-state index contributed by atoms with van der Waals surface area (Å²) in [5, 5.41) is 29.5. The van der Waals surface area contributed by atoms with Gasteiger partial charge in [-0.2, -0.15) is 13.2 Å². The quantitative estimate of drug-likeness (QED) is 0.160. The topological polar surface area (TPSA) is 135 Å². The first-order valence-electron chi connectivity index (χ1n) is 17.6. The predicted molar refractivity (Wildman–Crippen MR) is 187 cm³/mol. The van der Waals surface area contributed by atoms with Gasteiger partial charge in [-0.3, -0.25) is 19.3 Å². The lowest BCUT2D eigenvalue weighted by molar-refractivity contribution is -0.144. The number of alkyl halides is 3. The summed E-state index contributed by atoms with van der Waals surface area (Å²) in [6.45, 7) is 0.833. The van der Waals surface area contributed by atoms with Crippen molar-refractivity contribution in [2.75, 3.05) is 33.7 Å². The van der Waals surface area contributed by atoms with E-state index in [0.29, 0.717) is 25.0 Å². The lowest BCUT2D eigenvalue weighted by atomic mass is 9.82. The summed E-state index contributed by atoms with van der Waals surface area (Å²) in [5.41, 5.74) is 3.01. The number of hydrogen-bond acceptors (Lipinski definition) is 8.